The summed E-state index contributed by atoms with van der Waals surface area (Å²) in [6.07, 6.45) is 1.36. The van der Waals surface area contributed by atoms with Crippen molar-refractivity contribution in [1.29, 1.82) is 0 Å². The number of hydrogen-bond donors (Lipinski definition) is 2. The number of aryl methyl sites for hydroxylation is 1. The Bertz CT molecular complexity index is 448. The quantitative estimate of drug-likeness (QED) is 0.806. The lowest BCUT2D eigenvalue weighted by Crippen LogP contribution is -2.34. The molecule has 3 nitrogen and oxygen atoms in total. The molecule has 0 saturated heterocycles. The topological polar surface area (TPSA) is 41.1 Å². The van der Waals surface area contributed by atoms with Crippen LogP contribution in [0.4, 0.5) is 4.39 Å². The van der Waals surface area contributed by atoms with Crippen LogP contribution in [0.25, 0.3) is 0 Å². The summed E-state index contributed by atoms with van der Waals surface area (Å²) in [5.41, 5.74) is 1.55. The number of rotatable bonds is 7. The van der Waals surface area contributed by atoms with Crippen molar-refractivity contribution in [3.63, 3.8) is 0 Å². The highest BCUT2D eigenvalue weighted by Crippen LogP contribution is 2.16. The van der Waals surface area contributed by atoms with E-state index in [1.807, 2.05) is 26.8 Å². The molecular formula is C16H25FN2O. The molecule has 2 N–H and O–H groups in total. The summed E-state index contributed by atoms with van der Waals surface area (Å²) < 4.78 is 13.5. The predicted molar refractivity (Wildman–Crippen MR) is 80.1 cm³/mol. The normalized spacial score (nSPS) is 13.8. The van der Waals surface area contributed by atoms with Gasteiger partial charge in [0.25, 0.3) is 0 Å². The molecule has 112 valence electrons. The molecule has 0 heterocycles. The van der Waals surface area contributed by atoms with E-state index < -0.39 is 0 Å². The fourth-order valence-corrected chi connectivity index (χ4v) is 1.85. The minimum Gasteiger partial charge on any atom is -0.354 e. The maximum Gasteiger partial charge on any atom is 0.221 e. The molecule has 0 aliphatic carbocycles. The Morgan fingerprint density at radius 3 is 2.65 bits per heavy atom. The molecule has 0 fully saturated rings. The fraction of sp³-hybridized carbons (Fsp3) is 0.562. The Labute approximate surface area is 121 Å². The molecule has 0 aliphatic rings. The average molecular weight is 280 g/mol. The Kier molecular flexibility index (Phi) is 6.65. The van der Waals surface area contributed by atoms with E-state index in [1.165, 1.54) is 0 Å². The molecule has 20 heavy (non-hydrogen) atoms. The van der Waals surface area contributed by atoms with E-state index in [9.17, 15) is 9.18 Å². The van der Waals surface area contributed by atoms with Crippen LogP contribution in [0.3, 0.4) is 0 Å². The standard InChI is InChI=1S/C16H25FN2O/c1-5-12(3)19-16(20)8-9-18-13(4)14-7-6-11(2)15(17)10-14/h6-7,10,12-13,18H,5,8-9H2,1-4H3,(H,19,20). The molecule has 1 rings (SSSR count). The van der Waals surface area contributed by atoms with E-state index in [4.69, 9.17) is 0 Å². The van der Waals surface area contributed by atoms with Gasteiger partial charge in [0.1, 0.15) is 5.82 Å². The van der Waals surface area contributed by atoms with E-state index in [-0.39, 0.29) is 23.8 Å². The third-order valence-electron chi connectivity index (χ3n) is 3.52. The van der Waals surface area contributed by atoms with Crippen LogP contribution in [0.5, 0.6) is 0 Å². The zero-order valence-electron chi connectivity index (χ0n) is 12.8. The number of carbonyl (C=O) groups excluding carboxylic acids is 1. The lowest BCUT2D eigenvalue weighted by atomic mass is 10.1. The van der Waals surface area contributed by atoms with E-state index in [0.29, 0.717) is 18.5 Å². The number of amides is 1. The Balaban J connectivity index is 2.38. The smallest absolute Gasteiger partial charge is 0.221 e. The third kappa shape index (κ3) is 5.29. The molecule has 4 heteroatoms. The van der Waals surface area contributed by atoms with Gasteiger partial charge in [0, 0.05) is 25.0 Å². The van der Waals surface area contributed by atoms with Gasteiger partial charge in [0.05, 0.1) is 0 Å². The molecule has 2 unspecified atom stereocenters. The van der Waals surface area contributed by atoms with E-state index >= 15 is 0 Å². The minimum absolute atomic E-state index is 0.0292. The van der Waals surface area contributed by atoms with Crippen LogP contribution >= 0.6 is 0 Å². The SMILES string of the molecule is CCC(C)NC(=O)CCNC(C)c1ccc(C)c(F)c1. The number of halogens is 1. The fourth-order valence-electron chi connectivity index (χ4n) is 1.85. The first-order valence-corrected chi connectivity index (χ1v) is 7.22. The van der Waals surface area contributed by atoms with Crippen molar-refractivity contribution < 1.29 is 9.18 Å². The molecule has 1 amide bonds. The Morgan fingerprint density at radius 2 is 2.05 bits per heavy atom. The van der Waals surface area contributed by atoms with Crippen LogP contribution in [0.2, 0.25) is 0 Å². The average Bonchev–Trinajstić information content (AvgIpc) is 2.41. The predicted octanol–water partition coefficient (Wildman–Crippen LogP) is 3.09. The second-order valence-corrected chi connectivity index (χ2v) is 5.31. The van der Waals surface area contributed by atoms with Gasteiger partial charge >= 0.3 is 0 Å². The van der Waals surface area contributed by atoms with Gasteiger partial charge in [-0.1, -0.05) is 19.1 Å². The van der Waals surface area contributed by atoms with E-state index in [0.717, 1.165) is 12.0 Å². The zero-order chi connectivity index (χ0) is 15.1. The molecule has 1 aromatic carbocycles. The van der Waals surface area contributed by atoms with Gasteiger partial charge in [0.15, 0.2) is 0 Å². The summed E-state index contributed by atoms with van der Waals surface area (Å²) in [7, 11) is 0. The van der Waals surface area contributed by atoms with Gasteiger partial charge in [-0.2, -0.15) is 0 Å². The van der Waals surface area contributed by atoms with Gasteiger partial charge in [-0.3, -0.25) is 4.79 Å². The van der Waals surface area contributed by atoms with Gasteiger partial charge < -0.3 is 10.6 Å². The first kappa shape index (κ1) is 16.6. The third-order valence-corrected chi connectivity index (χ3v) is 3.52. The maximum atomic E-state index is 13.5. The lowest BCUT2D eigenvalue weighted by molar-refractivity contribution is -0.121. The van der Waals surface area contributed by atoms with Crippen LogP contribution < -0.4 is 10.6 Å². The second-order valence-electron chi connectivity index (χ2n) is 5.31. The number of carbonyl (C=O) groups is 1. The Hall–Kier alpha value is -1.42. The van der Waals surface area contributed by atoms with Crippen molar-refractivity contribution >= 4 is 5.91 Å². The van der Waals surface area contributed by atoms with Crippen LogP contribution in [0.1, 0.15) is 50.8 Å². The van der Waals surface area contributed by atoms with Crippen LogP contribution in [0.15, 0.2) is 18.2 Å². The molecule has 0 bridgehead atoms. The van der Waals surface area contributed by atoms with E-state index in [1.54, 1.807) is 19.1 Å². The molecule has 0 radical (unpaired) electrons. The summed E-state index contributed by atoms with van der Waals surface area (Å²) in [6.45, 7) is 8.33. The summed E-state index contributed by atoms with van der Waals surface area (Å²) in [4.78, 5) is 11.6. The maximum absolute atomic E-state index is 13.5. The molecular weight excluding hydrogens is 255 g/mol. The second kappa shape index (κ2) is 8.00. The van der Waals surface area contributed by atoms with Crippen LogP contribution in [-0.4, -0.2) is 18.5 Å². The minimum atomic E-state index is -0.189. The first-order chi connectivity index (χ1) is 9.43. The van der Waals surface area contributed by atoms with Gasteiger partial charge in [-0.15, -0.1) is 0 Å². The van der Waals surface area contributed by atoms with Crippen LogP contribution in [0, 0.1) is 12.7 Å². The van der Waals surface area contributed by atoms with Gasteiger partial charge in [-0.05, 0) is 44.4 Å². The number of benzene rings is 1. The van der Waals surface area contributed by atoms with Crippen LogP contribution in [-0.2, 0) is 4.79 Å². The van der Waals surface area contributed by atoms with E-state index in [2.05, 4.69) is 10.6 Å². The Morgan fingerprint density at radius 1 is 1.35 bits per heavy atom. The molecule has 0 saturated carbocycles. The van der Waals surface area contributed by atoms with Gasteiger partial charge in [0.2, 0.25) is 5.91 Å². The van der Waals surface area contributed by atoms with Crippen molar-refractivity contribution in [1.82, 2.24) is 10.6 Å². The number of nitrogens with one attached hydrogen (secondary N) is 2. The number of hydrogen-bond acceptors (Lipinski definition) is 2. The zero-order valence-corrected chi connectivity index (χ0v) is 12.8. The molecule has 0 aliphatic heterocycles. The highest BCUT2D eigenvalue weighted by atomic mass is 19.1. The molecule has 0 spiro atoms. The first-order valence-electron chi connectivity index (χ1n) is 7.22. The molecule has 1 aromatic rings. The van der Waals surface area contributed by atoms with Crippen molar-refractivity contribution in [2.45, 2.75) is 52.6 Å². The highest BCUT2D eigenvalue weighted by Gasteiger charge is 2.09. The highest BCUT2D eigenvalue weighted by molar-refractivity contribution is 5.76. The lowest BCUT2D eigenvalue weighted by Gasteiger charge is -2.16. The summed E-state index contributed by atoms with van der Waals surface area (Å²) in [6, 6.07) is 5.48. The van der Waals surface area contributed by atoms with Crippen molar-refractivity contribution in [2.75, 3.05) is 6.54 Å². The monoisotopic (exact) mass is 280 g/mol. The van der Waals surface area contributed by atoms with Gasteiger partial charge in [-0.25, -0.2) is 4.39 Å². The molecule has 2 atom stereocenters. The van der Waals surface area contributed by atoms with Crippen molar-refractivity contribution in [3.8, 4) is 0 Å². The summed E-state index contributed by atoms with van der Waals surface area (Å²) in [5, 5.41) is 6.16. The molecule has 0 aromatic heterocycles. The largest absolute Gasteiger partial charge is 0.354 e. The summed E-state index contributed by atoms with van der Waals surface area (Å²) in [5.74, 6) is -0.139. The van der Waals surface area contributed by atoms with Crippen molar-refractivity contribution in [3.05, 3.63) is 35.1 Å². The van der Waals surface area contributed by atoms with Crippen molar-refractivity contribution in [2.24, 2.45) is 0 Å². The summed E-state index contributed by atoms with van der Waals surface area (Å²) >= 11 is 0.